The minimum atomic E-state index is -0.477. The van der Waals surface area contributed by atoms with E-state index < -0.39 is 6.04 Å². The Hall–Kier alpha value is -0.650. The number of hydrogen-bond donors (Lipinski definition) is 1. The summed E-state index contributed by atoms with van der Waals surface area (Å²) < 4.78 is 17.7. The Labute approximate surface area is 108 Å². The zero-order chi connectivity index (χ0) is 11.4. The van der Waals surface area contributed by atoms with Crippen LogP contribution in [0.1, 0.15) is 18.0 Å². The molecule has 16 heavy (non-hydrogen) atoms. The molecule has 0 aliphatic carbocycles. The van der Waals surface area contributed by atoms with Crippen molar-refractivity contribution in [2.45, 2.75) is 12.5 Å². The molecule has 0 saturated carbocycles. The van der Waals surface area contributed by atoms with Crippen LogP contribution in [0.15, 0.2) is 22.7 Å². The van der Waals surface area contributed by atoms with Gasteiger partial charge in [-0.25, -0.2) is 4.39 Å². The van der Waals surface area contributed by atoms with Crippen LogP contribution in [0.3, 0.4) is 0 Å². The van der Waals surface area contributed by atoms with E-state index >= 15 is 0 Å². The molecule has 0 aliphatic heterocycles. The molecule has 0 aromatic heterocycles. The Morgan fingerprint density at radius 2 is 2.25 bits per heavy atom. The second-order valence-corrected chi connectivity index (χ2v) is 3.91. The van der Waals surface area contributed by atoms with Gasteiger partial charge < -0.3 is 10.5 Å². The Bertz CT molecular complexity index is 376. The van der Waals surface area contributed by atoms with Gasteiger partial charge in [0.25, 0.3) is 0 Å². The van der Waals surface area contributed by atoms with Gasteiger partial charge in [-0.3, -0.25) is 4.79 Å². The number of methoxy groups -OCH3 is 1. The Balaban J connectivity index is 0.00000225. The topological polar surface area (TPSA) is 52.3 Å². The maximum absolute atomic E-state index is 12.9. The molecule has 6 heteroatoms. The highest BCUT2D eigenvalue weighted by Crippen LogP contribution is 2.21. The number of esters is 1. The predicted molar refractivity (Wildman–Crippen MR) is 64.9 cm³/mol. The molecule has 90 valence electrons. The average molecular weight is 313 g/mol. The molecule has 1 atom stereocenters. The van der Waals surface area contributed by atoms with Crippen LogP contribution in [-0.2, 0) is 9.53 Å². The van der Waals surface area contributed by atoms with Gasteiger partial charge in [-0.05, 0) is 33.6 Å². The highest BCUT2D eigenvalue weighted by Gasteiger charge is 2.13. The maximum Gasteiger partial charge on any atom is 0.307 e. The van der Waals surface area contributed by atoms with Crippen molar-refractivity contribution < 1.29 is 13.9 Å². The molecule has 0 unspecified atom stereocenters. The molecule has 0 radical (unpaired) electrons. The number of rotatable bonds is 3. The van der Waals surface area contributed by atoms with Crippen molar-refractivity contribution in [3.8, 4) is 0 Å². The molecule has 1 aromatic carbocycles. The number of carbonyl (C=O) groups is 1. The van der Waals surface area contributed by atoms with Crippen molar-refractivity contribution in [1.29, 1.82) is 0 Å². The van der Waals surface area contributed by atoms with Crippen LogP contribution in [-0.4, -0.2) is 13.1 Å². The predicted octanol–water partition coefficient (Wildman–Crippen LogP) is 2.57. The average Bonchev–Trinajstić information content (AvgIpc) is 2.21. The first-order valence-electron chi connectivity index (χ1n) is 4.32. The van der Waals surface area contributed by atoms with Crippen LogP contribution >= 0.6 is 28.3 Å². The molecule has 0 fully saturated rings. The first kappa shape index (κ1) is 15.3. The van der Waals surface area contributed by atoms with E-state index in [4.69, 9.17) is 5.73 Å². The molecule has 0 spiro atoms. The lowest BCUT2D eigenvalue weighted by Gasteiger charge is -2.10. The van der Waals surface area contributed by atoms with Crippen LogP contribution in [0.5, 0.6) is 0 Å². The van der Waals surface area contributed by atoms with Gasteiger partial charge in [0.15, 0.2) is 0 Å². The van der Waals surface area contributed by atoms with Gasteiger partial charge in [-0.15, -0.1) is 12.4 Å². The Morgan fingerprint density at radius 1 is 1.62 bits per heavy atom. The van der Waals surface area contributed by atoms with Crippen molar-refractivity contribution in [1.82, 2.24) is 0 Å². The highest BCUT2D eigenvalue weighted by molar-refractivity contribution is 9.10. The number of halogens is 3. The number of hydrogen-bond acceptors (Lipinski definition) is 3. The molecule has 0 heterocycles. The number of ether oxygens (including phenoxy) is 1. The van der Waals surface area contributed by atoms with Crippen molar-refractivity contribution in [3.05, 3.63) is 34.1 Å². The summed E-state index contributed by atoms with van der Waals surface area (Å²) in [5.74, 6) is -0.744. The minimum Gasteiger partial charge on any atom is -0.469 e. The van der Waals surface area contributed by atoms with Crippen LogP contribution in [0.4, 0.5) is 4.39 Å². The van der Waals surface area contributed by atoms with Crippen molar-refractivity contribution in [3.63, 3.8) is 0 Å². The standard InChI is InChI=1S/C10H11BrFNO2.ClH/c1-15-10(14)5-9(13)6-2-3-8(12)7(11)4-6;/h2-4,9H,5,13H2,1H3;1H/t9-;/m1./s1. The van der Waals surface area contributed by atoms with E-state index in [1.54, 1.807) is 12.1 Å². The molecule has 2 N–H and O–H groups in total. The lowest BCUT2D eigenvalue weighted by Crippen LogP contribution is -2.16. The van der Waals surface area contributed by atoms with Crippen molar-refractivity contribution >= 4 is 34.3 Å². The molecular weight excluding hydrogens is 300 g/mol. The lowest BCUT2D eigenvalue weighted by molar-refractivity contribution is -0.141. The molecule has 1 rings (SSSR count). The number of nitrogens with two attached hydrogens (primary N) is 1. The second-order valence-electron chi connectivity index (χ2n) is 3.06. The third-order valence-corrected chi connectivity index (χ3v) is 2.59. The molecule has 1 aromatic rings. The molecule has 0 aliphatic rings. The lowest BCUT2D eigenvalue weighted by atomic mass is 10.1. The molecule has 0 amide bonds. The van der Waals surface area contributed by atoms with E-state index in [0.717, 1.165) is 0 Å². The third kappa shape index (κ3) is 4.08. The van der Waals surface area contributed by atoms with Crippen molar-refractivity contribution in [2.24, 2.45) is 5.73 Å². The van der Waals surface area contributed by atoms with E-state index in [1.165, 1.54) is 13.2 Å². The summed E-state index contributed by atoms with van der Waals surface area (Å²) in [6.07, 6.45) is 0.0779. The summed E-state index contributed by atoms with van der Waals surface area (Å²) >= 11 is 3.05. The summed E-state index contributed by atoms with van der Waals surface area (Å²) in [6, 6.07) is 3.93. The van der Waals surface area contributed by atoms with E-state index in [0.29, 0.717) is 10.0 Å². The van der Waals surface area contributed by atoms with E-state index in [1.807, 2.05) is 0 Å². The fourth-order valence-corrected chi connectivity index (χ4v) is 1.52. The van der Waals surface area contributed by atoms with Crippen LogP contribution in [0.25, 0.3) is 0 Å². The van der Waals surface area contributed by atoms with E-state index in [9.17, 15) is 9.18 Å². The Kier molecular flexibility index (Phi) is 6.55. The van der Waals surface area contributed by atoms with Gasteiger partial charge in [-0.1, -0.05) is 6.07 Å². The van der Waals surface area contributed by atoms with E-state index in [2.05, 4.69) is 20.7 Å². The third-order valence-electron chi connectivity index (χ3n) is 1.99. The largest absolute Gasteiger partial charge is 0.469 e. The quantitative estimate of drug-likeness (QED) is 0.873. The molecule has 0 bridgehead atoms. The first-order chi connectivity index (χ1) is 7.04. The van der Waals surface area contributed by atoms with Gasteiger partial charge >= 0.3 is 5.97 Å². The van der Waals surface area contributed by atoms with E-state index in [-0.39, 0.29) is 30.6 Å². The zero-order valence-corrected chi connectivity index (χ0v) is 11.0. The second kappa shape index (κ2) is 6.83. The normalized spacial score (nSPS) is 11.5. The van der Waals surface area contributed by atoms with Gasteiger partial charge in [0.05, 0.1) is 18.0 Å². The van der Waals surface area contributed by atoms with Crippen LogP contribution in [0.2, 0.25) is 0 Å². The monoisotopic (exact) mass is 311 g/mol. The summed E-state index contributed by atoms with van der Waals surface area (Å²) in [5, 5.41) is 0. The SMILES string of the molecule is COC(=O)C[C@@H](N)c1ccc(F)c(Br)c1.Cl. The summed E-state index contributed by atoms with van der Waals surface area (Å²) in [6.45, 7) is 0. The molecular formula is C10H12BrClFNO2. The maximum atomic E-state index is 12.9. The molecule has 0 saturated heterocycles. The van der Waals surface area contributed by atoms with Crippen LogP contribution in [0, 0.1) is 5.82 Å². The van der Waals surface area contributed by atoms with Crippen molar-refractivity contribution in [2.75, 3.05) is 7.11 Å². The summed E-state index contributed by atoms with van der Waals surface area (Å²) in [5.41, 5.74) is 6.43. The molecule has 3 nitrogen and oxygen atoms in total. The van der Waals surface area contributed by atoms with Gasteiger partial charge in [0.2, 0.25) is 0 Å². The van der Waals surface area contributed by atoms with Gasteiger partial charge in [-0.2, -0.15) is 0 Å². The zero-order valence-electron chi connectivity index (χ0n) is 8.57. The highest BCUT2D eigenvalue weighted by atomic mass is 79.9. The van der Waals surface area contributed by atoms with Gasteiger partial charge in [0.1, 0.15) is 5.82 Å². The minimum absolute atomic E-state index is 0. The fourth-order valence-electron chi connectivity index (χ4n) is 1.12. The number of benzene rings is 1. The summed E-state index contributed by atoms with van der Waals surface area (Å²) in [4.78, 5) is 11.0. The smallest absolute Gasteiger partial charge is 0.307 e. The van der Waals surface area contributed by atoms with Crippen LogP contribution < -0.4 is 5.73 Å². The summed E-state index contributed by atoms with van der Waals surface area (Å²) in [7, 11) is 1.30. The number of carbonyl (C=O) groups excluding carboxylic acids is 1. The Morgan fingerprint density at radius 3 is 2.75 bits per heavy atom. The van der Waals surface area contributed by atoms with Gasteiger partial charge in [0, 0.05) is 6.04 Å². The first-order valence-corrected chi connectivity index (χ1v) is 5.11. The fraction of sp³-hybridized carbons (Fsp3) is 0.300.